The van der Waals surface area contributed by atoms with Gasteiger partial charge in [-0.25, -0.2) is 13.3 Å². The third-order valence-corrected chi connectivity index (χ3v) is 7.57. The maximum atomic E-state index is 12.6. The molecule has 2 saturated heterocycles. The molecule has 4 rings (SSSR count). The zero-order chi connectivity index (χ0) is 20.4. The highest BCUT2D eigenvalue weighted by Gasteiger charge is 2.48. The highest BCUT2D eigenvalue weighted by Crippen LogP contribution is 2.34. The molecule has 154 valence electrons. The van der Waals surface area contributed by atoms with Crippen molar-refractivity contribution in [1.29, 1.82) is 0 Å². The second kappa shape index (κ2) is 8.22. The number of hydrogen-bond donors (Lipinski definition) is 1. The van der Waals surface area contributed by atoms with Crippen LogP contribution in [0.5, 0.6) is 0 Å². The number of piperazine rings is 1. The first-order chi connectivity index (χ1) is 14.0. The van der Waals surface area contributed by atoms with Crippen LogP contribution < -0.4 is 4.90 Å². The average molecular weight is 417 g/mol. The number of fused-ring (bicyclic) bond motifs is 1. The molecule has 1 aromatic rings. The summed E-state index contributed by atoms with van der Waals surface area (Å²) in [6, 6.07) is 9.31. The van der Waals surface area contributed by atoms with E-state index < -0.39 is 10.0 Å². The third kappa shape index (κ3) is 4.19. The molecule has 2 heterocycles. The van der Waals surface area contributed by atoms with Crippen molar-refractivity contribution in [1.82, 2.24) is 9.21 Å². The number of amides is 2. The molecule has 3 aliphatic rings. The van der Waals surface area contributed by atoms with E-state index in [1.807, 2.05) is 42.5 Å². The number of quaternary nitrogens is 1. The number of likely N-dealkylation sites (tertiary alicyclic amines) is 1. The van der Waals surface area contributed by atoms with E-state index in [0.29, 0.717) is 45.7 Å². The van der Waals surface area contributed by atoms with E-state index in [9.17, 15) is 18.0 Å². The van der Waals surface area contributed by atoms with Crippen LogP contribution in [0.2, 0.25) is 0 Å². The second-order valence-electron chi connectivity index (χ2n) is 7.83. The van der Waals surface area contributed by atoms with E-state index >= 15 is 0 Å². The van der Waals surface area contributed by atoms with Crippen LogP contribution in [0.25, 0.3) is 6.08 Å². The van der Waals surface area contributed by atoms with Crippen LogP contribution in [-0.2, 0) is 19.6 Å². The topological polar surface area (TPSA) is 79.2 Å². The summed E-state index contributed by atoms with van der Waals surface area (Å²) in [5.41, 5.74) is 0.836. The molecule has 2 atom stereocenters. The Morgan fingerprint density at radius 2 is 1.55 bits per heavy atom. The van der Waals surface area contributed by atoms with Gasteiger partial charge in [0, 0.05) is 5.41 Å². The molecule has 1 N–H and O–H groups in total. The standard InChI is InChI=1S/C21H25N3O4S/c25-20-18-8-4-5-9-19(18)21(26)24(20)16-22-11-13-23(14-12-22)29(27,28)15-10-17-6-2-1-3-7-17/h1-7,10,15,18-19H,8-9,11-14,16H2/p+1/b15-10+/t18-,19-/m0/s1. The smallest absolute Gasteiger partial charge is 0.237 e. The van der Waals surface area contributed by atoms with Crippen molar-refractivity contribution < 1.29 is 22.9 Å². The summed E-state index contributed by atoms with van der Waals surface area (Å²) in [6.07, 6.45) is 6.85. The molecule has 2 aliphatic heterocycles. The molecule has 1 aromatic carbocycles. The van der Waals surface area contributed by atoms with Crippen LogP contribution in [0.3, 0.4) is 0 Å². The molecule has 0 spiro atoms. The predicted molar refractivity (Wildman–Crippen MR) is 109 cm³/mol. The minimum Gasteiger partial charge on any atom is -0.315 e. The van der Waals surface area contributed by atoms with Gasteiger partial charge in [-0.1, -0.05) is 42.5 Å². The second-order valence-corrected chi connectivity index (χ2v) is 9.64. The predicted octanol–water partition coefficient (Wildman–Crippen LogP) is 0.0963. The van der Waals surface area contributed by atoms with E-state index in [0.717, 1.165) is 10.5 Å². The van der Waals surface area contributed by atoms with Gasteiger partial charge < -0.3 is 4.90 Å². The SMILES string of the molecule is O=C1[C@H]2CC=CC[C@@H]2C(=O)N1C[NH+]1CCN(S(=O)(=O)/C=C/c2ccccc2)CC1. The summed E-state index contributed by atoms with van der Waals surface area (Å²) in [7, 11) is -3.49. The molecule has 7 nitrogen and oxygen atoms in total. The Balaban J connectivity index is 1.33. The molecular formula is C21H26N3O4S+. The first kappa shape index (κ1) is 20.0. The van der Waals surface area contributed by atoms with Gasteiger partial charge in [-0.3, -0.25) is 9.59 Å². The van der Waals surface area contributed by atoms with Gasteiger partial charge >= 0.3 is 0 Å². The minimum atomic E-state index is -3.49. The number of allylic oxidation sites excluding steroid dienone is 2. The zero-order valence-corrected chi connectivity index (χ0v) is 17.1. The van der Waals surface area contributed by atoms with Crippen molar-refractivity contribution in [2.24, 2.45) is 11.8 Å². The minimum absolute atomic E-state index is 0.0716. The number of benzene rings is 1. The normalized spacial score (nSPS) is 26.4. The van der Waals surface area contributed by atoms with Gasteiger partial charge in [0.1, 0.15) is 0 Å². The largest absolute Gasteiger partial charge is 0.315 e. The maximum absolute atomic E-state index is 12.6. The molecule has 0 saturated carbocycles. The van der Waals surface area contributed by atoms with Crippen molar-refractivity contribution >= 4 is 27.9 Å². The Morgan fingerprint density at radius 1 is 0.966 bits per heavy atom. The summed E-state index contributed by atoms with van der Waals surface area (Å²) >= 11 is 0. The number of carbonyl (C=O) groups is 2. The number of nitrogens with one attached hydrogen (secondary N) is 1. The Morgan fingerprint density at radius 3 is 2.14 bits per heavy atom. The lowest BCUT2D eigenvalue weighted by molar-refractivity contribution is -0.910. The van der Waals surface area contributed by atoms with Gasteiger partial charge in [0.05, 0.1) is 38.0 Å². The molecule has 0 aromatic heterocycles. The third-order valence-electron chi connectivity index (χ3n) is 6.00. The molecular weight excluding hydrogens is 390 g/mol. The first-order valence-electron chi connectivity index (χ1n) is 10.0. The number of imide groups is 1. The number of sulfonamides is 1. The molecule has 0 unspecified atom stereocenters. The van der Waals surface area contributed by atoms with E-state index in [2.05, 4.69) is 0 Å². The van der Waals surface area contributed by atoms with Crippen LogP contribution >= 0.6 is 0 Å². The van der Waals surface area contributed by atoms with E-state index in [-0.39, 0.29) is 23.7 Å². The fraction of sp³-hybridized carbons (Fsp3) is 0.429. The van der Waals surface area contributed by atoms with Crippen LogP contribution in [0, 0.1) is 11.8 Å². The molecule has 2 fully saturated rings. The molecule has 8 heteroatoms. The average Bonchev–Trinajstić information content (AvgIpc) is 2.99. The Kier molecular flexibility index (Phi) is 5.67. The van der Waals surface area contributed by atoms with Crippen LogP contribution in [0.1, 0.15) is 18.4 Å². The summed E-state index contributed by atoms with van der Waals surface area (Å²) in [5.74, 6) is -0.566. The number of rotatable bonds is 5. The monoisotopic (exact) mass is 416 g/mol. The van der Waals surface area contributed by atoms with Crippen molar-refractivity contribution in [3.05, 3.63) is 53.5 Å². The molecule has 0 bridgehead atoms. The number of carbonyl (C=O) groups excluding carboxylic acids is 2. The van der Waals surface area contributed by atoms with E-state index in [1.54, 1.807) is 6.08 Å². The maximum Gasteiger partial charge on any atom is 0.237 e. The van der Waals surface area contributed by atoms with Crippen molar-refractivity contribution in [3.63, 3.8) is 0 Å². The summed E-state index contributed by atoms with van der Waals surface area (Å²) < 4.78 is 26.6. The highest BCUT2D eigenvalue weighted by molar-refractivity contribution is 7.92. The quantitative estimate of drug-likeness (QED) is 0.545. The van der Waals surface area contributed by atoms with Gasteiger partial charge in [-0.05, 0) is 24.5 Å². The molecule has 0 radical (unpaired) electrons. The fourth-order valence-corrected chi connectivity index (χ4v) is 5.47. The van der Waals surface area contributed by atoms with Gasteiger partial charge in [-0.15, -0.1) is 0 Å². The highest BCUT2D eigenvalue weighted by atomic mass is 32.2. The molecule has 29 heavy (non-hydrogen) atoms. The summed E-state index contributed by atoms with van der Waals surface area (Å²) in [4.78, 5) is 27.7. The van der Waals surface area contributed by atoms with Crippen molar-refractivity contribution in [3.8, 4) is 0 Å². The number of hydrogen-bond acceptors (Lipinski definition) is 4. The Hall–Kier alpha value is -2.29. The van der Waals surface area contributed by atoms with E-state index in [4.69, 9.17) is 0 Å². The van der Waals surface area contributed by atoms with Crippen molar-refractivity contribution in [2.75, 3.05) is 32.8 Å². The fourth-order valence-electron chi connectivity index (χ4n) is 4.28. The summed E-state index contributed by atoms with van der Waals surface area (Å²) in [5, 5.41) is 1.25. The molecule has 2 amide bonds. The lowest BCUT2D eigenvalue weighted by Crippen LogP contribution is -3.16. The van der Waals surface area contributed by atoms with Gasteiger partial charge in [0.2, 0.25) is 21.8 Å². The van der Waals surface area contributed by atoms with Crippen molar-refractivity contribution in [2.45, 2.75) is 12.8 Å². The Labute approximate surface area is 171 Å². The Bertz CT molecular complexity index is 908. The van der Waals surface area contributed by atoms with Crippen LogP contribution in [-0.4, -0.2) is 62.3 Å². The van der Waals surface area contributed by atoms with Crippen LogP contribution in [0.15, 0.2) is 47.9 Å². The van der Waals surface area contributed by atoms with Crippen LogP contribution in [0.4, 0.5) is 0 Å². The summed E-state index contributed by atoms with van der Waals surface area (Å²) in [6.45, 7) is 2.23. The number of nitrogens with zero attached hydrogens (tertiary/aromatic N) is 2. The van der Waals surface area contributed by atoms with Gasteiger partial charge in [-0.2, -0.15) is 4.31 Å². The van der Waals surface area contributed by atoms with E-state index in [1.165, 1.54) is 14.6 Å². The lowest BCUT2D eigenvalue weighted by Gasteiger charge is -2.32. The van der Waals surface area contributed by atoms with Gasteiger partial charge in [0.25, 0.3) is 0 Å². The zero-order valence-electron chi connectivity index (χ0n) is 16.2. The first-order valence-corrected chi connectivity index (χ1v) is 11.5. The lowest BCUT2D eigenvalue weighted by atomic mass is 9.85. The molecule has 1 aliphatic carbocycles. The van der Waals surface area contributed by atoms with Gasteiger partial charge in [0.15, 0.2) is 6.67 Å².